The first-order valence-corrected chi connectivity index (χ1v) is 11.5. The monoisotopic (exact) mass is 445 g/mol. The first-order valence-electron chi connectivity index (χ1n) is 10.0. The molecule has 1 unspecified atom stereocenters. The quantitative estimate of drug-likeness (QED) is 0.711. The Hall–Kier alpha value is -2.91. The molecule has 3 rings (SSSR count). The van der Waals surface area contributed by atoms with Gasteiger partial charge in [-0.25, -0.2) is 8.42 Å². The largest absolute Gasteiger partial charge is 0.497 e. The third kappa shape index (κ3) is 5.42. The van der Waals surface area contributed by atoms with E-state index >= 15 is 0 Å². The van der Waals surface area contributed by atoms with Crippen LogP contribution in [0.1, 0.15) is 25.3 Å². The molecule has 1 heterocycles. The number of methoxy groups -OCH3 is 1. The van der Waals surface area contributed by atoms with Gasteiger partial charge in [0.1, 0.15) is 5.75 Å². The van der Waals surface area contributed by atoms with Crippen molar-refractivity contribution in [3.63, 3.8) is 0 Å². The zero-order valence-electron chi connectivity index (χ0n) is 17.8. The first kappa shape index (κ1) is 22.8. The summed E-state index contributed by atoms with van der Waals surface area (Å²) in [6.45, 7) is 3.74. The van der Waals surface area contributed by atoms with Crippen LogP contribution in [-0.4, -0.2) is 44.7 Å². The van der Waals surface area contributed by atoms with Gasteiger partial charge in [-0.2, -0.15) is 4.31 Å². The minimum atomic E-state index is -3.72. The van der Waals surface area contributed by atoms with Crippen LogP contribution in [-0.2, 0) is 19.6 Å². The Morgan fingerprint density at radius 3 is 2.42 bits per heavy atom. The maximum atomic E-state index is 13.0. The highest BCUT2D eigenvalue weighted by molar-refractivity contribution is 7.89. The Bertz CT molecular complexity index is 1070. The number of amides is 2. The normalized spacial score (nSPS) is 17.1. The van der Waals surface area contributed by atoms with Gasteiger partial charge in [0.25, 0.3) is 0 Å². The molecule has 2 aromatic rings. The van der Waals surface area contributed by atoms with Crippen molar-refractivity contribution in [1.29, 1.82) is 0 Å². The minimum absolute atomic E-state index is 0.0987. The first-order chi connectivity index (χ1) is 14.7. The second-order valence-electron chi connectivity index (χ2n) is 7.60. The molecule has 0 radical (unpaired) electrons. The number of hydrogen-bond donors (Lipinski definition) is 2. The van der Waals surface area contributed by atoms with E-state index in [0.29, 0.717) is 36.5 Å². The van der Waals surface area contributed by atoms with Crippen LogP contribution in [0.2, 0.25) is 0 Å². The van der Waals surface area contributed by atoms with Crippen molar-refractivity contribution in [3.8, 4) is 5.75 Å². The van der Waals surface area contributed by atoms with Crippen molar-refractivity contribution >= 4 is 33.2 Å². The van der Waals surface area contributed by atoms with E-state index < -0.39 is 15.9 Å². The van der Waals surface area contributed by atoms with Gasteiger partial charge in [-0.05, 0) is 61.7 Å². The van der Waals surface area contributed by atoms with Crippen molar-refractivity contribution in [2.75, 3.05) is 30.8 Å². The average Bonchev–Trinajstić information content (AvgIpc) is 2.75. The van der Waals surface area contributed by atoms with E-state index in [9.17, 15) is 18.0 Å². The standard InChI is InChI=1S/C22H27N3O5S/c1-15-6-11-20(23-16(2)26)21(13-15)24-22(27)17-5-4-12-25(14-17)31(28,29)19-9-7-18(30-3)8-10-19/h6-11,13,17H,4-5,12,14H2,1-3H3,(H,23,26)(H,24,27). The summed E-state index contributed by atoms with van der Waals surface area (Å²) in [6, 6.07) is 11.6. The van der Waals surface area contributed by atoms with Crippen LogP contribution in [0.5, 0.6) is 5.75 Å². The number of carbonyl (C=O) groups excluding carboxylic acids is 2. The highest BCUT2D eigenvalue weighted by Gasteiger charge is 2.33. The summed E-state index contributed by atoms with van der Waals surface area (Å²) in [4.78, 5) is 24.6. The molecule has 1 atom stereocenters. The number of anilines is 2. The van der Waals surface area contributed by atoms with Crippen LogP contribution in [0.4, 0.5) is 11.4 Å². The van der Waals surface area contributed by atoms with Crippen LogP contribution in [0.15, 0.2) is 47.4 Å². The summed E-state index contributed by atoms with van der Waals surface area (Å²) >= 11 is 0. The number of rotatable bonds is 6. The van der Waals surface area contributed by atoms with E-state index in [0.717, 1.165) is 5.56 Å². The molecule has 31 heavy (non-hydrogen) atoms. The number of piperidine rings is 1. The maximum absolute atomic E-state index is 13.0. The number of nitrogens with one attached hydrogen (secondary N) is 2. The van der Waals surface area contributed by atoms with Gasteiger partial charge < -0.3 is 15.4 Å². The van der Waals surface area contributed by atoms with E-state index in [2.05, 4.69) is 10.6 Å². The van der Waals surface area contributed by atoms with Gasteiger partial charge in [0.15, 0.2) is 0 Å². The Morgan fingerprint density at radius 2 is 1.77 bits per heavy atom. The SMILES string of the molecule is COc1ccc(S(=O)(=O)N2CCCC(C(=O)Nc3cc(C)ccc3NC(C)=O)C2)cc1. The summed E-state index contributed by atoms with van der Waals surface area (Å²) < 4.78 is 32.5. The van der Waals surface area contributed by atoms with Crippen LogP contribution in [0, 0.1) is 12.8 Å². The molecule has 2 N–H and O–H groups in total. The summed E-state index contributed by atoms with van der Waals surface area (Å²) in [5.41, 5.74) is 1.93. The van der Waals surface area contributed by atoms with Crippen molar-refractivity contribution in [2.45, 2.75) is 31.6 Å². The molecule has 0 bridgehead atoms. The minimum Gasteiger partial charge on any atom is -0.497 e. The Labute approximate surface area is 182 Å². The zero-order valence-corrected chi connectivity index (χ0v) is 18.7. The third-order valence-electron chi connectivity index (χ3n) is 5.20. The maximum Gasteiger partial charge on any atom is 0.243 e. The van der Waals surface area contributed by atoms with Crippen molar-refractivity contribution < 1.29 is 22.7 Å². The second-order valence-corrected chi connectivity index (χ2v) is 9.54. The lowest BCUT2D eigenvalue weighted by atomic mass is 9.98. The molecule has 1 fully saturated rings. The fraction of sp³-hybridized carbons (Fsp3) is 0.364. The number of sulfonamides is 1. The van der Waals surface area contributed by atoms with Crippen molar-refractivity contribution in [1.82, 2.24) is 4.31 Å². The molecule has 0 saturated carbocycles. The molecule has 166 valence electrons. The van der Waals surface area contributed by atoms with Crippen molar-refractivity contribution in [3.05, 3.63) is 48.0 Å². The lowest BCUT2D eigenvalue weighted by Gasteiger charge is -2.31. The van der Waals surface area contributed by atoms with Gasteiger partial charge in [-0.1, -0.05) is 6.07 Å². The van der Waals surface area contributed by atoms with Gasteiger partial charge in [0, 0.05) is 20.0 Å². The molecular formula is C22H27N3O5S. The summed E-state index contributed by atoms with van der Waals surface area (Å²) in [7, 11) is -2.20. The number of ether oxygens (including phenoxy) is 1. The Balaban J connectivity index is 1.75. The molecule has 9 heteroatoms. The average molecular weight is 446 g/mol. The molecule has 1 aliphatic rings. The predicted octanol–water partition coefficient (Wildman–Crippen LogP) is 3.00. The van der Waals surface area contributed by atoms with E-state index in [1.807, 2.05) is 13.0 Å². The third-order valence-corrected chi connectivity index (χ3v) is 7.08. The van der Waals surface area contributed by atoms with Crippen LogP contribution < -0.4 is 15.4 Å². The number of aryl methyl sites for hydroxylation is 1. The van der Waals surface area contributed by atoms with Gasteiger partial charge in [-0.15, -0.1) is 0 Å². The predicted molar refractivity (Wildman–Crippen MR) is 119 cm³/mol. The molecule has 8 nitrogen and oxygen atoms in total. The van der Waals surface area contributed by atoms with E-state index in [1.165, 1.54) is 30.5 Å². The summed E-state index contributed by atoms with van der Waals surface area (Å²) in [5, 5.41) is 5.56. The molecule has 0 aliphatic carbocycles. The van der Waals surface area contributed by atoms with Crippen LogP contribution in [0.25, 0.3) is 0 Å². The molecule has 1 saturated heterocycles. The van der Waals surface area contributed by atoms with Crippen molar-refractivity contribution in [2.24, 2.45) is 5.92 Å². The van der Waals surface area contributed by atoms with E-state index in [1.54, 1.807) is 24.3 Å². The second kappa shape index (κ2) is 9.49. The molecule has 0 spiro atoms. The summed E-state index contributed by atoms with van der Waals surface area (Å²) in [6.07, 6.45) is 1.17. The van der Waals surface area contributed by atoms with Gasteiger partial charge in [0.05, 0.1) is 29.3 Å². The molecule has 0 aromatic heterocycles. The summed E-state index contributed by atoms with van der Waals surface area (Å²) in [5.74, 6) is -0.434. The number of carbonyl (C=O) groups is 2. The molecule has 1 aliphatic heterocycles. The molecule has 2 aromatic carbocycles. The number of nitrogens with zero attached hydrogens (tertiary/aromatic N) is 1. The van der Waals surface area contributed by atoms with Gasteiger partial charge >= 0.3 is 0 Å². The van der Waals surface area contributed by atoms with E-state index in [-0.39, 0.29) is 23.3 Å². The lowest BCUT2D eigenvalue weighted by molar-refractivity contribution is -0.121. The lowest BCUT2D eigenvalue weighted by Crippen LogP contribution is -2.43. The number of benzene rings is 2. The topological polar surface area (TPSA) is 105 Å². The smallest absolute Gasteiger partial charge is 0.243 e. The van der Waals surface area contributed by atoms with Crippen LogP contribution >= 0.6 is 0 Å². The Kier molecular flexibility index (Phi) is 6.97. The van der Waals surface area contributed by atoms with Gasteiger partial charge in [-0.3, -0.25) is 9.59 Å². The number of hydrogen-bond acceptors (Lipinski definition) is 5. The fourth-order valence-electron chi connectivity index (χ4n) is 3.57. The molecular weight excluding hydrogens is 418 g/mol. The Morgan fingerprint density at radius 1 is 1.06 bits per heavy atom. The van der Waals surface area contributed by atoms with Gasteiger partial charge in [0.2, 0.25) is 21.8 Å². The van der Waals surface area contributed by atoms with E-state index in [4.69, 9.17) is 4.74 Å². The fourth-order valence-corrected chi connectivity index (χ4v) is 5.09. The highest BCUT2D eigenvalue weighted by atomic mass is 32.2. The molecule has 2 amide bonds. The highest BCUT2D eigenvalue weighted by Crippen LogP contribution is 2.28. The zero-order chi connectivity index (χ0) is 22.6. The van der Waals surface area contributed by atoms with Crippen LogP contribution in [0.3, 0.4) is 0 Å².